The molecule has 6 heteroatoms. The molecule has 2 aromatic heterocycles. The van der Waals surface area contributed by atoms with E-state index in [0.717, 1.165) is 68.8 Å². The molecule has 5 nitrogen and oxygen atoms in total. The quantitative estimate of drug-likeness (QED) is 0.165. The molecular weight excluding hydrogens is 916 g/mol. The topological polar surface area (TPSA) is 42.7 Å². The van der Waals surface area contributed by atoms with Gasteiger partial charge < -0.3 is 14.2 Å². The van der Waals surface area contributed by atoms with Crippen LogP contribution in [0.1, 0.15) is 86.1 Å². The first-order valence-electron chi connectivity index (χ1n) is 20.9. The zero-order valence-corrected chi connectivity index (χ0v) is 37.1. The van der Waals surface area contributed by atoms with Crippen LogP contribution in [0.25, 0.3) is 38.8 Å². The Morgan fingerprint density at radius 3 is 2.38 bits per heavy atom. The van der Waals surface area contributed by atoms with Crippen molar-refractivity contribution in [3.05, 3.63) is 185 Å². The molecule has 0 amide bonds. The molecule has 2 aliphatic heterocycles. The van der Waals surface area contributed by atoms with Gasteiger partial charge in [-0.05, 0) is 99.3 Å². The maximum Gasteiger partial charge on any atom is 2.00 e. The Morgan fingerprint density at radius 1 is 0.767 bits per heavy atom. The van der Waals surface area contributed by atoms with E-state index in [0.29, 0.717) is 5.90 Å². The number of aromatic nitrogens is 2. The van der Waals surface area contributed by atoms with Crippen molar-refractivity contribution in [1.29, 1.82) is 0 Å². The van der Waals surface area contributed by atoms with E-state index in [4.69, 9.17) is 14.7 Å². The first-order valence-corrected chi connectivity index (χ1v) is 20.9. The number of fused-ring (bicyclic) bond motifs is 8. The largest absolute Gasteiger partial charge is 2.00 e. The summed E-state index contributed by atoms with van der Waals surface area (Å²) in [5.74, 6) is 1.54. The summed E-state index contributed by atoms with van der Waals surface area (Å²) in [6.07, 6.45) is 3.81. The Morgan fingerprint density at radius 2 is 1.55 bits per heavy atom. The van der Waals surface area contributed by atoms with Crippen LogP contribution in [0.4, 0.5) is 17.1 Å². The number of hydrogen-bond acceptors (Lipinski definition) is 4. The van der Waals surface area contributed by atoms with Gasteiger partial charge in [-0.15, -0.1) is 35.2 Å². The normalized spacial score (nSPS) is 17.6. The molecule has 3 aliphatic rings. The Labute approximate surface area is 367 Å². The molecule has 0 radical (unpaired) electrons. The van der Waals surface area contributed by atoms with Crippen molar-refractivity contribution >= 4 is 44.8 Å². The van der Waals surface area contributed by atoms with Gasteiger partial charge in [-0.2, -0.15) is 6.07 Å². The van der Waals surface area contributed by atoms with E-state index in [-0.39, 0.29) is 44.0 Å². The number of benzene rings is 6. The summed E-state index contributed by atoms with van der Waals surface area (Å²) in [4.78, 5) is 12.7. The van der Waals surface area contributed by atoms with E-state index in [9.17, 15) is 0 Å². The van der Waals surface area contributed by atoms with Crippen molar-refractivity contribution in [2.75, 3.05) is 4.90 Å². The fraction of sp³-hybridized carbons (Fsp3) is 0.222. The summed E-state index contributed by atoms with van der Waals surface area (Å²) < 4.78 is 9.21. The van der Waals surface area contributed by atoms with Crippen LogP contribution in [0.5, 0.6) is 0 Å². The minimum absolute atomic E-state index is 0. The summed E-state index contributed by atoms with van der Waals surface area (Å²) in [5, 5.41) is 2.34. The van der Waals surface area contributed by atoms with Crippen molar-refractivity contribution < 1.29 is 25.8 Å². The Hall–Kier alpha value is -5.77. The molecule has 6 aromatic carbocycles. The molecule has 0 unspecified atom stereocenters. The number of aryl methyl sites for hydroxylation is 1. The predicted octanol–water partition coefficient (Wildman–Crippen LogP) is 13.0. The summed E-state index contributed by atoms with van der Waals surface area (Å²) in [6.45, 7) is 13.6. The van der Waals surface area contributed by atoms with Crippen LogP contribution in [0, 0.1) is 19.1 Å². The summed E-state index contributed by atoms with van der Waals surface area (Å²) in [7, 11) is 0. The van der Waals surface area contributed by atoms with Crippen molar-refractivity contribution in [2.24, 2.45) is 4.99 Å². The van der Waals surface area contributed by atoms with Crippen LogP contribution in [0.3, 0.4) is 0 Å². The van der Waals surface area contributed by atoms with Gasteiger partial charge in [0.2, 0.25) is 0 Å². The van der Waals surface area contributed by atoms with E-state index < -0.39 is 0 Å². The van der Waals surface area contributed by atoms with Gasteiger partial charge in [0.15, 0.2) is 0 Å². The van der Waals surface area contributed by atoms with Gasteiger partial charge in [0.25, 0.3) is 0 Å². The monoisotopic (exact) mass is 961 g/mol. The molecule has 0 spiro atoms. The standard InChI is InChI=1S/C54H46N4O.Pt/c1-33-15-14-19-41-39(33)23-24-45-51(41)59-52(56-45)36-27-35(34-16-8-7-9-17-34)28-38(29-36)57-47-22-13-11-20-43(47)54(5,6)44-31-42-40-18-10-12-21-46(40)58(48(42)32-49(44)57)50-30-37(25-26-55-50)53(2,3)4;/h7-22,25-28,30-31,45,51H,23-24H2,1-6H3;/q-2;+2/t45-,51+;/m1./s1. The smallest absolute Gasteiger partial charge is 0.510 e. The van der Waals surface area contributed by atoms with Gasteiger partial charge >= 0.3 is 21.1 Å². The van der Waals surface area contributed by atoms with Crippen LogP contribution in [0.2, 0.25) is 0 Å². The molecule has 0 bridgehead atoms. The van der Waals surface area contributed by atoms with Gasteiger partial charge in [-0.25, -0.2) is 4.98 Å². The second kappa shape index (κ2) is 14.2. The number of ether oxygens (including phenoxy) is 1. The van der Waals surface area contributed by atoms with Crippen LogP contribution in [-0.2, 0) is 43.1 Å². The number of hydrogen-bond donors (Lipinski definition) is 0. The van der Waals surface area contributed by atoms with E-state index in [1.807, 2.05) is 6.20 Å². The number of aliphatic imine (C=N–C) groups is 1. The summed E-state index contributed by atoms with van der Waals surface area (Å²) in [5.41, 5.74) is 15.5. The van der Waals surface area contributed by atoms with Gasteiger partial charge in [0.1, 0.15) is 17.8 Å². The second-order valence-corrected chi connectivity index (χ2v) is 18.0. The molecule has 0 N–H and O–H groups in total. The summed E-state index contributed by atoms with van der Waals surface area (Å²) in [6, 6.07) is 54.0. The first-order chi connectivity index (χ1) is 28.5. The molecule has 2 atom stereocenters. The molecule has 0 saturated carbocycles. The fourth-order valence-corrected chi connectivity index (χ4v) is 9.82. The van der Waals surface area contributed by atoms with Crippen LogP contribution in [-0.4, -0.2) is 21.5 Å². The average Bonchev–Trinajstić information content (AvgIpc) is 3.83. The van der Waals surface area contributed by atoms with Crippen LogP contribution in [0.15, 0.2) is 139 Å². The molecule has 0 fully saturated rings. The van der Waals surface area contributed by atoms with Gasteiger partial charge in [-0.1, -0.05) is 142 Å². The number of anilines is 3. The minimum atomic E-state index is -0.319. The molecule has 298 valence electrons. The van der Waals surface area contributed by atoms with E-state index in [1.54, 1.807) is 0 Å². The zero-order chi connectivity index (χ0) is 40.2. The average molecular weight is 962 g/mol. The van der Waals surface area contributed by atoms with Crippen molar-refractivity contribution in [2.45, 2.75) is 77.4 Å². The zero-order valence-electron chi connectivity index (χ0n) is 34.8. The molecule has 0 saturated heterocycles. The molecule has 8 aromatic rings. The first kappa shape index (κ1) is 38.4. The molecule has 60 heavy (non-hydrogen) atoms. The van der Waals surface area contributed by atoms with E-state index >= 15 is 0 Å². The number of nitrogens with zero attached hydrogens (tertiary/aromatic N) is 4. The minimum Gasteiger partial charge on any atom is -0.510 e. The summed E-state index contributed by atoms with van der Waals surface area (Å²) >= 11 is 0. The van der Waals surface area contributed by atoms with Crippen molar-refractivity contribution in [1.82, 2.24) is 9.55 Å². The molecular formula is C54H46N4OPt. The molecule has 11 rings (SSSR count). The third kappa shape index (κ3) is 5.99. The van der Waals surface area contributed by atoms with Crippen LogP contribution < -0.4 is 4.90 Å². The Bertz CT molecular complexity index is 3030. The van der Waals surface area contributed by atoms with E-state index in [2.05, 4.69) is 191 Å². The third-order valence-corrected chi connectivity index (χ3v) is 13.0. The van der Waals surface area contributed by atoms with Crippen molar-refractivity contribution in [3.63, 3.8) is 0 Å². The maximum absolute atomic E-state index is 6.91. The third-order valence-electron chi connectivity index (χ3n) is 13.0. The Kier molecular flexibility index (Phi) is 9.08. The van der Waals surface area contributed by atoms with Gasteiger partial charge in [0, 0.05) is 17.4 Å². The van der Waals surface area contributed by atoms with Gasteiger partial charge in [-0.3, -0.25) is 4.99 Å². The predicted molar refractivity (Wildman–Crippen MR) is 241 cm³/mol. The Balaban J connectivity index is 0.00000433. The number of para-hydroxylation sites is 2. The maximum atomic E-state index is 6.91. The SMILES string of the molecule is Cc1cccc2c1CC[C@H]1N=C(c3[c-]c(N4c5[c-]c6c(cc5C(C)(C)c5ccccc54)c4ccccc4n6-c4cc(C(C)(C)C)ccn4)cc(-c4ccccc4)c3)O[C@@H]21.[Pt+2]. The fourth-order valence-electron chi connectivity index (χ4n) is 9.82. The van der Waals surface area contributed by atoms with Gasteiger partial charge in [0.05, 0.1) is 6.04 Å². The van der Waals surface area contributed by atoms with Crippen LogP contribution >= 0.6 is 0 Å². The molecule has 4 heterocycles. The van der Waals surface area contributed by atoms with Crippen molar-refractivity contribution in [3.8, 4) is 16.9 Å². The molecule has 1 aliphatic carbocycles. The second-order valence-electron chi connectivity index (χ2n) is 18.0. The number of rotatable bonds is 4. The number of pyridine rings is 1. The van der Waals surface area contributed by atoms with E-state index in [1.165, 1.54) is 38.8 Å².